The third-order valence-electron chi connectivity index (χ3n) is 3.51. The van der Waals surface area contributed by atoms with Crippen LogP contribution in [0.1, 0.15) is 18.1 Å². The van der Waals surface area contributed by atoms with E-state index in [1.807, 2.05) is 37.3 Å². The second-order valence-electron chi connectivity index (χ2n) is 5.25. The van der Waals surface area contributed by atoms with Crippen molar-refractivity contribution in [2.24, 2.45) is 0 Å². The van der Waals surface area contributed by atoms with Crippen LogP contribution >= 0.6 is 0 Å². The van der Waals surface area contributed by atoms with E-state index in [1.165, 1.54) is 0 Å². The molecular weight excluding hydrogens is 306 g/mol. The Balaban J connectivity index is 1.83. The first kappa shape index (κ1) is 17.5. The fourth-order valence-corrected chi connectivity index (χ4v) is 2.27. The maximum absolute atomic E-state index is 11.9. The van der Waals surface area contributed by atoms with Gasteiger partial charge in [-0.3, -0.25) is 9.59 Å². The van der Waals surface area contributed by atoms with Gasteiger partial charge < -0.3 is 14.8 Å². The smallest absolute Gasteiger partial charge is 0.310 e. The zero-order chi connectivity index (χ0) is 17.4. The maximum Gasteiger partial charge on any atom is 0.310 e. The lowest BCUT2D eigenvalue weighted by atomic mass is 10.1. The summed E-state index contributed by atoms with van der Waals surface area (Å²) in [6.07, 6.45) is 0.945. The van der Waals surface area contributed by atoms with Gasteiger partial charge in [-0.1, -0.05) is 37.3 Å². The van der Waals surface area contributed by atoms with Crippen molar-refractivity contribution in [3.8, 4) is 5.75 Å². The van der Waals surface area contributed by atoms with Gasteiger partial charge in [0.25, 0.3) is 5.91 Å². The lowest BCUT2D eigenvalue weighted by Gasteiger charge is -2.09. The minimum Gasteiger partial charge on any atom is -0.496 e. The van der Waals surface area contributed by atoms with E-state index in [4.69, 9.17) is 9.47 Å². The van der Waals surface area contributed by atoms with Gasteiger partial charge in [-0.15, -0.1) is 0 Å². The molecule has 0 aliphatic rings. The van der Waals surface area contributed by atoms with Crippen molar-refractivity contribution < 1.29 is 19.1 Å². The number of benzene rings is 2. The van der Waals surface area contributed by atoms with E-state index in [9.17, 15) is 9.59 Å². The zero-order valence-corrected chi connectivity index (χ0v) is 13.9. The summed E-state index contributed by atoms with van der Waals surface area (Å²) >= 11 is 0. The van der Waals surface area contributed by atoms with Crippen LogP contribution in [0, 0.1) is 0 Å². The van der Waals surface area contributed by atoms with Gasteiger partial charge in [-0.2, -0.15) is 0 Å². The van der Waals surface area contributed by atoms with Gasteiger partial charge in [-0.05, 0) is 30.2 Å². The molecule has 0 unspecified atom stereocenters. The van der Waals surface area contributed by atoms with Crippen molar-refractivity contribution >= 4 is 17.6 Å². The van der Waals surface area contributed by atoms with Crippen LogP contribution in [0.2, 0.25) is 0 Å². The number of carbonyl (C=O) groups excluding carboxylic acids is 2. The summed E-state index contributed by atoms with van der Waals surface area (Å²) in [5, 5.41) is 2.72. The molecule has 0 aliphatic heterocycles. The van der Waals surface area contributed by atoms with E-state index in [0.29, 0.717) is 11.4 Å². The maximum atomic E-state index is 11.9. The van der Waals surface area contributed by atoms with Crippen molar-refractivity contribution in [2.45, 2.75) is 19.8 Å². The van der Waals surface area contributed by atoms with Gasteiger partial charge in [0.15, 0.2) is 6.61 Å². The number of para-hydroxylation sites is 1. The molecule has 0 saturated carbocycles. The number of amides is 1. The Bertz CT molecular complexity index is 712. The minimum absolute atomic E-state index is 0.0581. The van der Waals surface area contributed by atoms with E-state index in [0.717, 1.165) is 17.5 Å². The first-order valence-electron chi connectivity index (χ1n) is 7.78. The normalized spacial score (nSPS) is 10.1. The molecule has 0 aliphatic carbocycles. The summed E-state index contributed by atoms with van der Waals surface area (Å²) in [5.41, 5.74) is 2.54. The molecular formula is C19H21NO4. The summed E-state index contributed by atoms with van der Waals surface area (Å²) in [4.78, 5) is 23.8. The Kier molecular flexibility index (Phi) is 6.37. The molecule has 0 aromatic heterocycles. The second-order valence-corrected chi connectivity index (χ2v) is 5.25. The lowest BCUT2D eigenvalue weighted by Crippen LogP contribution is -2.21. The van der Waals surface area contributed by atoms with Gasteiger partial charge in [0, 0.05) is 11.3 Å². The molecule has 126 valence electrons. The number of anilines is 1. The van der Waals surface area contributed by atoms with Crippen LogP contribution < -0.4 is 10.1 Å². The molecule has 2 aromatic rings. The SMILES string of the molecule is CCc1cccc(NC(=O)COC(=O)Cc2ccccc2OC)c1. The van der Waals surface area contributed by atoms with Crippen molar-refractivity contribution in [2.75, 3.05) is 19.0 Å². The van der Waals surface area contributed by atoms with Crippen LogP contribution in [0.4, 0.5) is 5.69 Å². The van der Waals surface area contributed by atoms with E-state index in [1.54, 1.807) is 25.3 Å². The molecule has 1 N–H and O–H groups in total. The van der Waals surface area contributed by atoms with Gasteiger partial charge in [0.1, 0.15) is 5.75 Å². The summed E-state index contributed by atoms with van der Waals surface area (Å²) in [6, 6.07) is 14.8. The van der Waals surface area contributed by atoms with E-state index in [-0.39, 0.29) is 18.9 Å². The molecule has 0 fully saturated rings. The number of nitrogens with one attached hydrogen (secondary N) is 1. The molecule has 0 bridgehead atoms. The van der Waals surface area contributed by atoms with Gasteiger partial charge in [0.2, 0.25) is 0 Å². The van der Waals surface area contributed by atoms with Crippen LogP contribution in [0.25, 0.3) is 0 Å². The first-order valence-corrected chi connectivity index (χ1v) is 7.78. The molecule has 2 rings (SSSR count). The van der Waals surface area contributed by atoms with Crippen LogP contribution in [-0.4, -0.2) is 25.6 Å². The summed E-state index contributed by atoms with van der Waals surface area (Å²) in [6.45, 7) is 1.73. The molecule has 5 nitrogen and oxygen atoms in total. The highest BCUT2D eigenvalue weighted by Gasteiger charge is 2.11. The van der Waals surface area contributed by atoms with Crippen LogP contribution in [0.3, 0.4) is 0 Å². The Morgan fingerprint density at radius 3 is 2.62 bits per heavy atom. The highest BCUT2D eigenvalue weighted by molar-refractivity contribution is 5.93. The number of aryl methyl sites for hydroxylation is 1. The average Bonchev–Trinajstić information content (AvgIpc) is 2.60. The van der Waals surface area contributed by atoms with Crippen molar-refractivity contribution in [3.05, 3.63) is 59.7 Å². The van der Waals surface area contributed by atoms with E-state index in [2.05, 4.69) is 5.32 Å². The molecule has 1 amide bonds. The Morgan fingerprint density at radius 2 is 1.88 bits per heavy atom. The molecule has 0 spiro atoms. The summed E-state index contributed by atoms with van der Waals surface area (Å²) < 4.78 is 10.2. The van der Waals surface area contributed by atoms with E-state index < -0.39 is 5.97 Å². The minimum atomic E-state index is -0.475. The fourth-order valence-electron chi connectivity index (χ4n) is 2.27. The standard InChI is InChI=1S/C19H21NO4/c1-3-14-7-6-9-16(11-14)20-18(21)13-24-19(22)12-15-8-4-5-10-17(15)23-2/h4-11H,3,12-13H2,1-2H3,(H,20,21). The third kappa shape index (κ3) is 5.12. The topological polar surface area (TPSA) is 64.6 Å². The third-order valence-corrected chi connectivity index (χ3v) is 3.51. The van der Waals surface area contributed by atoms with Crippen LogP contribution in [0.15, 0.2) is 48.5 Å². The average molecular weight is 327 g/mol. The Morgan fingerprint density at radius 1 is 1.08 bits per heavy atom. The van der Waals surface area contributed by atoms with Crippen molar-refractivity contribution in [1.29, 1.82) is 0 Å². The molecule has 24 heavy (non-hydrogen) atoms. The monoisotopic (exact) mass is 327 g/mol. The molecule has 5 heteroatoms. The van der Waals surface area contributed by atoms with Gasteiger partial charge in [-0.25, -0.2) is 0 Å². The number of esters is 1. The predicted octanol–water partition coefficient (Wildman–Crippen LogP) is 2.98. The molecule has 0 saturated heterocycles. The molecule has 0 atom stereocenters. The number of ether oxygens (including phenoxy) is 2. The number of hydrogen-bond acceptors (Lipinski definition) is 4. The molecule has 0 heterocycles. The van der Waals surface area contributed by atoms with Gasteiger partial charge in [0.05, 0.1) is 13.5 Å². The van der Waals surface area contributed by atoms with Crippen molar-refractivity contribution in [3.63, 3.8) is 0 Å². The number of methoxy groups -OCH3 is 1. The molecule has 2 aromatic carbocycles. The second kappa shape index (κ2) is 8.72. The number of rotatable bonds is 7. The van der Waals surface area contributed by atoms with Crippen LogP contribution in [-0.2, 0) is 27.2 Å². The largest absolute Gasteiger partial charge is 0.496 e. The quantitative estimate of drug-likeness (QED) is 0.794. The summed E-state index contributed by atoms with van der Waals surface area (Å²) in [5.74, 6) is -0.219. The van der Waals surface area contributed by atoms with Gasteiger partial charge >= 0.3 is 5.97 Å². The number of hydrogen-bond donors (Lipinski definition) is 1. The summed E-state index contributed by atoms with van der Waals surface area (Å²) in [7, 11) is 1.54. The highest BCUT2D eigenvalue weighted by Crippen LogP contribution is 2.18. The number of carbonyl (C=O) groups is 2. The Labute approximate surface area is 141 Å². The zero-order valence-electron chi connectivity index (χ0n) is 13.9. The van der Waals surface area contributed by atoms with E-state index >= 15 is 0 Å². The van der Waals surface area contributed by atoms with Crippen molar-refractivity contribution in [1.82, 2.24) is 0 Å². The first-order chi connectivity index (χ1) is 11.6. The highest BCUT2D eigenvalue weighted by atomic mass is 16.5. The fraction of sp³-hybridized carbons (Fsp3) is 0.263. The lowest BCUT2D eigenvalue weighted by molar-refractivity contribution is -0.146. The van der Waals surface area contributed by atoms with Crippen LogP contribution in [0.5, 0.6) is 5.75 Å². The Hall–Kier alpha value is -2.82. The predicted molar refractivity (Wildman–Crippen MR) is 92.1 cm³/mol. The molecule has 0 radical (unpaired) electrons.